The third kappa shape index (κ3) is 11.6. The maximum Gasteiger partial charge on any atom is 0.225 e. The van der Waals surface area contributed by atoms with E-state index in [1.165, 1.54) is 0 Å². The summed E-state index contributed by atoms with van der Waals surface area (Å²) in [5, 5.41) is 23.0. The fourth-order valence-corrected chi connectivity index (χ4v) is 5.86. The number of ketones is 1. The van der Waals surface area contributed by atoms with Gasteiger partial charge in [-0.1, -0.05) is 33.8 Å². The van der Waals surface area contributed by atoms with E-state index in [0.717, 1.165) is 69.8 Å². The average Bonchev–Trinajstić information content (AvgIpc) is 2.90. The SMILES string of the molecule is CCCC(=O)CC[C@H](O)[C@H](C)C(=O)NCCC[C@H]1O[C@@]2(CCC[C@@H](CC[C@H](C)/C=C(\C)[C@H](C)O)O2)CCC1C. The minimum Gasteiger partial charge on any atom is -0.392 e. The van der Waals surface area contributed by atoms with Gasteiger partial charge in [0.2, 0.25) is 5.91 Å². The second-order valence-electron chi connectivity index (χ2n) is 12.5. The number of hydrogen-bond donors (Lipinski definition) is 3. The Morgan fingerprint density at radius 3 is 2.49 bits per heavy atom. The molecule has 0 bridgehead atoms. The number of aliphatic hydroxyl groups is 2. The number of hydrogen-bond acceptors (Lipinski definition) is 6. The van der Waals surface area contributed by atoms with Crippen molar-refractivity contribution >= 4 is 11.7 Å². The van der Waals surface area contributed by atoms with Crippen LogP contribution in [0.4, 0.5) is 0 Å². The van der Waals surface area contributed by atoms with Gasteiger partial charge < -0.3 is 25.0 Å². The van der Waals surface area contributed by atoms with Crippen LogP contribution in [0.5, 0.6) is 0 Å². The molecule has 2 rings (SSSR count). The van der Waals surface area contributed by atoms with E-state index in [9.17, 15) is 19.8 Å². The summed E-state index contributed by atoms with van der Waals surface area (Å²) in [7, 11) is 0. The summed E-state index contributed by atoms with van der Waals surface area (Å²) in [6.45, 7) is 12.5. The van der Waals surface area contributed by atoms with E-state index in [1.54, 1.807) is 6.92 Å². The summed E-state index contributed by atoms with van der Waals surface area (Å²) >= 11 is 0. The van der Waals surface area contributed by atoms with Crippen LogP contribution >= 0.6 is 0 Å². The van der Waals surface area contributed by atoms with Crippen molar-refractivity contribution in [3.05, 3.63) is 11.6 Å². The average molecular weight is 552 g/mol. The fraction of sp³-hybridized carbons (Fsp3) is 0.875. The highest BCUT2D eigenvalue weighted by Crippen LogP contribution is 2.43. The lowest BCUT2D eigenvalue weighted by Gasteiger charge is -2.48. The molecule has 0 aromatic carbocycles. The number of aliphatic hydroxyl groups excluding tert-OH is 2. The highest BCUT2D eigenvalue weighted by atomic mass is 16.7. The smallest absolute Gasteiger partial charge is 0.225 e. The van der Waals surface area contributed by atoms with Gasteiger partial charge in [-0.3, -0.25) is 9.59 Å². The zero-order valence-corrected chi connectivity index (χ0v) is 25.5. The van der Waals surface area contributed by atoms with Crippen molar-refractivity contribution in [2.75, 3.05) is 6.54 Å². The van der Waals surface area contributed by atoms with Crippen LogP contribution < -0.4 is 5.32 Å². The lowest BCUT2D eigenvalue weighted by atomic mass is 9.85. The summed E-state index contributed by atoms with van der Waals surface area (Å²) in [6.07, 6.45) is 12.1. The molecule has 39 heavy (non-hydrogen) atoms. The Morgan fingerprint density at radius 2 is 1.79 bits per heavy atom. The molecule has 3 N–H and O–H groups in total. The molecule has 0 saturated carbocycles. The minimum atomic E-state index is -0.801. The van der Waals surface area contributed by atoms with E-state index in [4.69, 9.17) is 9.47 Å². The summed E-state index contributed by atoms with van der Waals surface area (Å²) in [4.78, 5) is 24.3. The number of nitrogens with one attached hydrogen (secondary N) is 1. The zero-order chi connectivity index (χ0) is 29.0. The maximum absolute atomic E-state index is 12.5. The molecule has 2 aliphatic rings. The minimum absolute atomic E-state index is 0.109. The van der Waals surface area contributed by atoms with E-state index in [-0.39, 0.29) is 23.9 Å². The molecule has 2 aliphatic heterocycles. The molecule has 0 aromatic heterocycles. The maximum atomic E-state index is 12.5. The van der Waals surface area contributed by atoms with Crippen LogP contribution in [0.1, 0.15) is 125 Å². The van der Waals surface area contributed by atoms with Crippen LogP contribution in [0.2, 0.25) is 0 Å². The second kappa shape index (κ2) is 16.9. The standard InChI is InChI=1S/C32H57NO6/c1-7-10-27(35)14-16-29(36)25(5)31(37)33-20-9-12-30-23(3)17-19-32(39-30)18-8-11-28(38-32)15-13-22(2)21-24(4)26(6)34/h21-23,25-26,28-30,34,36H,7-20H2,1-6H3,(H,33,37)/b24-21+/t22-,23?,25-,26-,28-,29-,30+,32-/m0/s1. The summed E-state index contributed by atoms with van der Waals surface area (Å²) in [6, 6.07) is 0. The highest BCUT2D eigenvalue weighted by molar-refractivity contribution is 5.80. The van der Waals surface area contributed by atoms with Crippen LogP contribution in [-0.4, -0.2) is 58.7 Å². The van der Waals surface area contributed by atoms with E-state index < -0.39 is 23.9 Å². The van der Waals surface area contributed by atoms with Crippen molar-refractivity contribution in [1.82, 2.24) is 5.32 Å². The van der Waals surface area contributed by atoms with Crippen LogP contribution in [0.25, 0.3) is 0 Å². The largest absolute Gasteiger partial charge is 0.392 e. The van der Waals surface area contributed by atoms with Crippen LogP contribution in [0.15, 0.2) is 11.6 Å². The number of rotatable bonds is 16. The first-order chi connectivity index (χ1) is 18.5. The van der Waals surface area contributed by atoms with Crippen molar-refractivity contribution in [3.8, 4) is 0 Å². The normalized spacial score (nSPS) is 29.0. The van der Waals surface area contributed by atoms with Gasteiger partial charge in [0.25, 0.3) is 0 Å². The van der Waals surface area contributed by atoms with E-state index >= 15 is 0 Å². The second-order valence-corrected chi connectivity index (χ2v) is 12.5. The Labute approximate surface area is 237 Å². The first kappa shape index (κ1) is 33.9. The van der Waals surface area contributed by atoms with Gasteiger partial charge in [-0.05, 0) is 89.0 Å². The summed E-state index contributed by atoms with van der Waals surface area (Å²) < 4.78 is 13.3. The molecule has 2 heterocycles. The van der Waals surface area contributed by atoms with Crippen LogP contribution in [0.3, 0.4) is 0 Å². The molecular formula is C32H57NO6. The zero-order valence-electron chi connectivity index (χ0n) is 25.5. The van der Waals surface area contributed by atoms with Crippen LogP contribution in [0, 0.1) is 17.8 Å². The number of ether oxygens (including phenoxy) is 2. The van der Waals surface area contributed by atoms with E-state index in [1.807, 2.05) is 20.8 Å². The molecule has 7 nitrogen and oxygen atoms in total. The molecule has 0 aromatic rings. The number of Topliss-reactive ketones (excluding diaryl/α,β-unsaturated/α-hetero) is 1. The van der Waals surface area contributed by atoms with E-state index in [2.05, 4.69) is 25.2 Å². The van der Waals surface area contributed by atoms with Gasteiger partial charge in [-0.2, -0.15) is 0 Å². The van der Waals surface area contributed by atoms with Crippen molar-refractivity contribution in [3.63, 3.8) is 0 Å². The molecular weight excluding hydrogens is 494 g/mol. The molecule has 226 valence electrons. The Kier molecular flexibility index (Phi) is 14.7. The number of amides is 1. The topological polar surface area (TPSA) is 105 Å². The molecule has 1 amide bonds. The molecule has 7 heteroatoms. The predicted octanol–water partition coefficient (Wildman–Crippen LogP) is 5.85. The predicted molar refractivity (Wildman–Crippen MR) is 155 cm³/mol. The van der Waals surface area contributed by atoms with Crippen molar-refractivity contribution in [2.24, 2.45) is 17.8 Å². The van der Waals surface area contributed by atoms with Gasteiger partial charge in [0, 0.05) is 32.2 Å². The van der Waals surface area contributed by atoms with Crippen LogP contribution in [-0.2, 0) is 19.1 Å². The molecule has 2 fully saturated rings. The molecule has 8 atom stereocenters. The van der Waals surface area contributed by atoms with Crippen molar-refractivity contribution in [1.29, 1.82) is 0 Å². The highest BCUT2D eigenvalue weighted by Gasteiger charge is 2.44. The number of allylic oxidation sites excluding steroid dienone is 1. The molecule has 2 saturated heterocycles. The number of carbonyl (C=O) groups is 2. The Morgan fingerprint density at radius 1 is 1.05 bits per heavy atom. The Hall–Kier alpha value is -1.28. The summed E-state index contributed by atoms with van der Waals surface area (Å²) in [5.74, 6) is -0.175. The monoisotopic (exact) mass is 551 g/mol. The molecule has 1 unspecified atom stereocenters. The van der Waals surface area contributed by atoms with Gasteiger partial charge in [-0.15, -0.1) is 0 Å². The van der Waals surface area contributed by atoms with Gasteiger partial charge in [0.15, 0.2) is 5.79 Å². The van der Waals surface area contributed by atoms with Gasteiger partial charge in [0.1, 0.15) is 5.78 Å². The Balaban J connectivity index is 1.76. The van der Waals surface area contributed by atoms with Gasteiger partial charge in [-0.25, -0.2) is 0 Å². The fourth-order valence-electron chi connectivity index (χ4n) is 5.86. The van der Waals surface area contributed by atoms with Crippen molar-refractivity contribution < 1.29 is 29.3 Å². The van der Waals surface area contributed by atoms with Gasteiger partial charge in [0.05, 0.1) is 30.3 Å². The lowest BCUT2D eigenvalue weighted by molar-refractivity contribution is -0.324. The number of carbonyl (C=O) groups excluding carboxylic acids is 2. The third-order valence-electron chi connectivity index (χ3n) is 8.80. The third-order valence-corrected chi connectivity index (χ3v) is 8.80. The first-order valence-electron chi connectivity index (χ1n) is 15.7. The quantitative estimate of drug-likeness (QED) is 0.164. The molecule has 0 aliphatic carbocycles. The Bertz CT molecular complexity index is 783. The first-order valence-corrected chi connectivity index (χ1v) is 15.7. The summed E-state index contributed by atoms with van der Waals surface area (Å²) in [5.41, 5.74) is 1.02. The molecule has 1 spiro atoms. The van der Waals surface area contributed by atoms with Crippen molar-refractivity contribution in [2.45, 2.75) is 155 Å². The lowest BCUT2D eigenvalue weighted by Crippen LogP contribution is -2.50. The van der Waals surface area contributed by atoms with Gasteiger partial charge >= 0.3 is 0 Å². The molecule has 0 radical (unpaired) electrons. The van der Waals surface area contributed by atoms with E-state index in [0.29, 0.717) is 37.6 Å².